The fourth-order valence-electron chi connectivity index (χ4n) is 1.30. The smallest absolute Gasteiger partial charge is 0.355 e. The summed E-state index contributed by atoms with van der Waals surface area (Å²) in [5.41, 5.74) is -0.685. The molecule has 0 bridgehead atoms. The number of carboxylic acids is 1. The summed E-state index contributed by atoms with van der Waals surface area (Å²) in [6.07, 6.45) is 0. The molecule has 0 fully saturated rings. The molecule has 0 saturated carbocycles. The number of nitrogens with one attached hydrogen (secondary N) is 2. The summed E-state index contributed by atoms with van der Waals surface area (Å²) in [5, 5.41) is 10.5. The maximum absolute atomic E-state index is 11.8. The molecule has 0 radical (unpaired) electrons. The van der Waals surface area contributed by atoms with Crippen molar-refractivity contribution in [2.24, 2.45) is 0 Å². The molecule has 0 saturated heterocycles. The van der Waals surface area contributed by atoms with E-state index >= 15 is 0 Å². The number of rotatable bonds is 5. The van der Waals surface area contributed by atoms with Crippen LogP contribution in [0.25, 0.3) is 0 Å². The SMILES string of the molecule is CC(NS(=O)(=O)NC(C)(C)C)c1nc(C(=O)O)cs1. The number of nitrogens with zero attached hydrogens (tertiary/aromatic N) is 1. The number of carbonyl (C=O) groups is 1. The summed E-state index contributed by atoms with van der Waals surface area (Å²) in [5.74, 6) is -1.13. The van der Waals surface area contributed by atoms with Crippen LogP contribution in [0.15, 0.2) is 5.38 Å². The lowest BCUT2D eigenvalue weighted by Crippen LogP contribution is -2.47. The molecule has 9 heteroatoms. The van der Waals surface area contributed by atoms with Gasteiger partial charge < -0.3 is 5.11 Å². The van der Waals surface area contributed by atoms with E-state index in [1.54, 1.807) is 27.7 Å². The van der Waals surface area contributed by atoms with E-state index in [1.807, 2.05) is 0 Å². The van der Waals surface area contributed by atoms with Crippen molar-refractivity contribution < 1.29 is 18.3 Å². The molecule has 108 valence electrons. The molecule has 0 aliphatic rings. The molecule has 1 aromatic rings. The number of aromatic carboxylic acids is 1. The van der Waals surface area contributed by atoms with Crippen LogP contribution >= 0.6 is 11.3 Å². The Labute approximate surface area is 116 Å². The maximum Gasteiger partial charge on any atom is 0.355 e. The van der Waals surface area contributed by atoms with Gasteiger partial charge in [-0.05, 0) is 27.7 Å². The first kappa shape index (κ1) is 16.0. The Morgan fingerprint density at radius 2 is 2.05 bits per heavy atom. The highest BCUT2D eigenvalue weighted by atomic mass is 32.2. The summed E-state index contributed by atoms with van der Waals surface area (Å²) >= 11 is 1.10. The Hall–Kier alpha value is -1.03. The molecular formula is C10H17N3O4S2. The van der Waals surface area contributed by atoms with Crippen molar-refractivity contribution >= 4 is 27.5 Å². The van der Waals surface area contributed by atoms with Gasteiger partial charge in [0.15, 0.2) is 5.69 Å². The predicted octanol–water partition coefficient (Wildman–Crippen LogP) is 1.12. The van der Waals surface area contributed by atoms with Crippen molar-refractivity contribution in [2.75, 3.05) is 0 Å². The van der Waals surface area contributed by atoms with Gasteiger partial charge in [0.05, 0.1) is 6.04 Å². The zero-order valence-electron chi connectivity index (χ0n) is 11.1. The van der Waals surface area contributed by atoms with Gasteiger partial charge in [-0.15, -0.1) is 11.3 Å². The van der Waals surface area contributed by atoms with Crippen LogP contribution in [-0.4, -0.2) is 30.0 Å². The van der Waals surface area contributed by atoms with Gasteiger partial charge in [-0.3, -0.25) is 0 Å². The van der Waals surface area contributed by atoms with Crippen LogP contribution in [0.1, 0.15) is 49.2 Å². The van der Waals surface area contributed by atoms with Crippen LogP contribution in [-0.2, 0) is 10.2 Å². The molecule has 1 heterocycles. The average Bonchev–Trinajstić information content (AvgIpc) is 2.60. The molecule has 0 aliphatic heterocycles. The van der Waals surface area contributed by atoms with Crippen molar-refractivity contribution in [3.63, 3.8) is 0 Å². The monoisotopic (exact) mass is 307 g/mol. The fraction of sp³-hybridized carbons (Fsp3) is 0.600. The van der Waals surface area contributed by atoms with Crippen molar-refractivity contribution in [3.8, 4) is 0 Å². The number of aromatic nitrogens is 1. The normalized spacial score (nSPS) is 14.3. The van der Waals surface area contributed by atoms with Gasteiger partial charge in [0, 0.05) is 10.9 Å². The fourth-order valence-corrected chi connectivity index (χ4v) is 3.62. The van der Waals surface area contributed by atoms with Crippen LogP contribution in [0.4, 0.5) is 0 Å². The van der Waals surface area contributed by atoms with Crippen molar-refractivity contribution in [3.05, 3.63) is 16.1 Å². The van der Waals surface area contributed by atoms with E-state index in [0.717, 1.165) is 11.3 Å². The Bertz CT molecular complexity index is 560. The van der Waals surface area contributed by atoms with Gasteiger partial charge in [-0.1, -0.05) is 0 Å². The molecule has 1 aromatic heterocycles. The van der Waals surface area contributed by atoms with E-state index in [1.165, 1.54) is 5.38 Å². The molecule has 0 aromatic carbocycles. The van der Waals surface area contributed by atoms with Crippen molar-refractivity contribution in [1.82, 2.24) is 14.4 Å². The van der Waals surface area contributed by atoms with Gasteiger partial charge in [0.1, 0.15) is 5.01 Å². The summed E-state index contributed by atoms with van der Waals surface area (Å²) in [6.45, 7) is 6.78. The summed E-state index contributed by atoms with van der Waals surface area (Å²) < 4.78 is 28.5. The van der Waals surface area contributed by atoms with Gasteiger partial charge in [0.2, 0.25) is 0 Å². The lowest BCUT2D eigenvalue weighted by atomic mass is 10.1. The van der Waals surface area contributed by atoms with Crippen LogP contribution in [0.2, 0.25) is 0 Å². The van der Waals surface area contributed by atoms with Gasteiger partial charge in [0.25, 0.3) is 10.2 Å². The average molecular weight is 307 g/mol. The summed E-state index contributed by atoms with van der Waals surface area (Å²) in [7, 11) is -3.68. The summed E-state index contributed by atoms with van der Waals surface area (Å²) in [4.78, 5) is 14.6. The first-order chi connectivity index (χ1) is 8.50. The molecule has 1 rings (SSSR count). The van der Waals surface area contributed by atoms with E-state index in [-0.39, 0.29) is 5.69 Å². The highest BCUT2D eigenvalue weighted by molar-refractivity contribution is 7.87. The van der Waals surface area contributed by atoms with Crippen LogP contribution in [0.5, 0.6) is 0 Å². The third kappa shape index (κ3) is 5.23. The molecule has 19 heavy (non-hydrogen) atoms. The van der Waals surface area contributed by atoms with E-state index in [9.17, 15) is 13.2 Å². The highest BCUT2D eigenvalue weighted by Gasteiger charge is 2.23. The minimum Gasteiger partial charge on any atom is -0.476 e. The van der Waals surface area contributed by atoms with Crippen molar-refractivity contribution in [1.29, 1.82) is 0 Å². The molecule has 3 N–H and O–H groups in total. The Kier molecular flexibility index (Phi) is 4.67. The number of thiazole rings is 1. The predicted molar refractivity (Wildman–Crippen MR) is 72.4 cm³/mol. The summed E-state index contributed by atoms with van der Waals surface area (Å²) in [6, 6.07) is -0.599. The zero-order valence-corrected chi connectivity index (χ0v) is 12.7. The first-order valence-electron chi connectivity index (χ1n) is 5.50. The molecule has 1 atom stereocenters. The Morgan fingerprint density at radius 3 is 2.47 bits per heavy atom. The van der Waals surface area contributed by atoms with Crippen LogP contribution < -0.4 is 9.44 Å². The van der Waals surface area contributed by atoms with E-state index in [0.29, 0.717) is 5.01 Å². The topological polar surface area (TPSA) is 108 Å². The second-order valence-corrected chi connectivity index (χ2v) is 7.41. The lowest BCUT2D eigenvalue weighted by Gasteiger charge is -2.22. The maximum atomic E-state index is 11.8. The molecule has 0 spiro atoms. The molecular weight excluding hydrogens is 290 g/mol. The standard InChI is InChI=1S/C10H17N3O4S2/c1-6(8-11-7(5-18-8)9(14)15)12-19(16,17)13-10(2,3)4/h5-6,12-13H,1-4H3,(H,14,15). The van der Waals surface area contributed by atoms with Gasteiger partial charge in [-0.25, -0.2) is 9.78 Å². The second-order valence-electron chi connectivity index (χ2n) is 5.07. The Morgan fingerprint density at radius 1 is 1.47 bits per heavy atom. The van der Waals surface area contributed by atoms with Gasteiger partial charge >= 0.3 is 5.97 Å². The lowest BCUT2D eigenvalue weighted by molar-refractivity contribution is 0.0691. The van der Waals surface area contributed by atoms with Crippen LogP contribution in [0, 0.1) is 0 Å². The number of carboxylic acid groups (broad SMARTS) is 1. The third-order valence-electron chi connectivity index (χ3n) is 1.88. The van der Waals surface area contributed by atoms with E-state index in [2.05, 4.69) is 14.4 Å². The quantitative estimate of drug-likeness (QED) is 0.755. The largest absolute Gasteiger partial charge is 0.476 e. The zero-order chi connectivity index (χ0) is 14.8. The third-order valence-corrected chi connectivity index (χ3v) is 4.46. The number of hydrogen-bond acceptors (Lipinski definition) is 5. The number of hydrogen-bond donors (Lipinski definition) is 3. The van der Waals surface area contributed by atoms with E-state index in [4.69, 9.17) is 5.11 Å². The Balaban J connectivity index is 2.78. The second kappa shape index (κ2) is 5.53. The highest BCUT2D eigenvalue weighted by Crippen LogP contribution is 2.18. The molecule has 7 nitrogen and oxygen atoms in total. The van der Waals surface area contributed by atoms with Gasteiger partial charge in [-0.2, -0.15) is 17.9 Å². The minimum atomic E-state index is -3.68. The van der Waals surface area contributed by atoms with Crippen LogP contribution in [0.3, 0.4) is 0 Å². The van der Waals surface area contributed by atoms with Crippen molar-refractivity contribution in [2.45, 2.75) is 39.3 Å². The minimum absolute atomic E-state index is 0.0881. The molecule has 0 amide bonds. The van der Waals surface area contributed by atoms with E-state index < -0.39 is 27.8 Å². The molecule has 1 unspecified atom stereocenters. The molecule has 0 aliphatic carbocycles. The first-order valence-corrected chi connectivity index (χ1v) is 7.86.